The number of hydrogen-bond donors (Lipinski definition) is 2. The molecule has 1 unspecified atom stereocenters. The van der Waals surface area contributed by atoms with E-state index >= 15 is 0 Å². The first-order valence-corrected chi connectivity index (χ1v) is 5.06. The Hall–Kier alpha value is -0.900. The summed E-state index contributed by atoms with van der Waals surface area (Å²) in [5.74, 6) is 3.37. The molecule has 1 saturated heterocycles. The van der Waals surface area contributed by atoms with Gasteiger partial charge in [-0.25, -0.2) is 4.98 Å². The summed E-state index contributed by atoms with van der Waals surface area (Å²) in [7, 11) is 0. The van der Waals surface area contributed by atoms with Crippen molar-refractivity contribution in [3.05, 3.63) is 11.6 Å². The van der Waals surface area contributed by atoms with Crippen LogP contribution in [0.5, 0.6) is 0 Å². The van der Waals surface area contributed by atoms with Gasteiger partial charge >= 0.3 is 0 Å². The molecule has 0 radical (unpaired) electrons. The molecule has 3 rings (SSSR count). The van der Waals surface area contributed by atoms with Gasteiger partial charge in [0.05, 0.1) is 0 Å². The molecule has 70 valence electrons. The second-order valence-electron chi connectivity index (χ2n) is 4.04. The first kappa shape index (κ1) is 7.50. The van der Waals surface area contributed by atoms with Crippen molar-refractivity contribution in [1.29, 1.82) is 0 Å². The van der Waals surface area contributed by atoms with E-state index in [9.17, 15) is 0 Å². The lowest BCUT2D eigenvalue weighted by Crippen LogP contribution is -2.08. The quantitative estimate of drug-likeness (QED) is 0.703. The van der Waals surface area contributed by atoms with E-state index in [1.807, 2.05) is 0 Å². The second-order valence-corrected chi connectivity index (χ2v) is 4.04. The van der Waals surface area contributed by atoms with Gasteiger partial charge in [-0.3, -0.25) is 5.10 Å². The number of rotatable bonds is 2. The minimum atomic E-state index is 0.545. The largest absolute Gasteiger partial charge is 0.316 e. The van der Waals surface area contributed by atoms with Crippen molar-refractivity contribution >= 4 is 0 Å². The third-order valence-corrected chi connectivity index (χ3v) is 2.91. The van der Waals surface area contributed by atoms with Crippen molar-refractivity contribution in [2.45, 2.75) is 31.1 Å². The number of H-pyrrole nitrogens is 1. The SMILES string of the molecule is C1CC(c2n[nH]c(C3CC3)n2)CN1. The zero-order valence-corrected chi connectivity index (χ0v) is 7.58. The van der Waals surface area contributed by atoms with E-state index in [0.717, 1.165) is 24.7 Å². The molecule has 0 spiro atoms. The molecule has 2 fully saturated rings. The first-order valence-electron chi connectivity index (χ1n) is 5.06. The number of nitrogens with zero attached hydrogens (tertiary/aromatic N) is 2. The summed E-state index contributed by atoms with van der Waals surface area (Å²) >= 11 is 0. The van der Waals surface area contributed by atoms with E-state index in [-0.39, 0.29) is 0 Å². The third kappa shape index (κ3) is 1.35. The zero-order valence-electron chi connectivity index (χ0n) is 7.58. The normalized spacial score (nSPS) is 28.2. The Morgan fingerprint density at radius 1 is 1.15 bits per heavy atom. The Bertz CT molecular complexity index is 296. The van der Waals surface area contributed by atoms with Crippen LogP contribution in [0.3, 0.4) is 0 Å². The molecule has 2 heterocycles. The fourth-order valence-corrected chi connectivity index (χ4v) is 1.88. The number of hydrogen-bond acceptors (Lipinski definition) is 3. The van der Waals surface area contributed by atoms with Crippen molar-refractivity contribution in [3.63, 3.8) is 0 Å². The lowest BCUT2D eigenvalue weighted by atomic mass is 10.1. The molecular formula is C9H14N4. The van der Waals surface area contributed by atoms with Crippen LogP contribution in [0, 0.1) is 0 Å². The Labute approximate surface area is 77.1 Å². The summed E-state index contributed by atoms with van der Waals surface area (Å²) in [6.07, 6.45) is 3.76. The Morgan fingerprint density at radius 3 is 2.77 bits per heavy atom. The van der Waals surface area contributed by atoms with Gasteiger partial charge in [-0.2, -0.15) is 5.10 Å². The molecule has 1 atom stereocenters. The fourth-order valence-electron chi connectivity index (χ4n) is 1.88. The van der Waals surface area contributed by atoms with E-state index in [1.54, 1.807) is 0 Å². The highest BCUT2D eigenvalue weighted by Gasteiger charge is 2.29. The molecule has 13 heavy (non-hydrogen) atoms. The van der Waals surface area contributed by atoms with E-state index in [2.05, 4.69) is 20.5 Å². The molecule has 4 heteroatoms. The van der Waals surface area contributed by atoms with Crippen molar-refractivity contribution < 1.29 is 0 Å². The third-order valence-electron chi connectivity index (χ3n) is 2.91. The molecule has 4 nitrogen and oxygen atoms in total. The van der Waals surface area contributed by atoms with E-state index in [1.165, 1.54) is 19.3 Å². The van der Waals surface area contributed by atoms with Crippen molar-refractivity contribution in [2.24, 2.45) is 0 Å². The molecular weight excluding hydrogens is 164 g/mol. The lowest BCUT2D eigenvalue weighted by molar-refractivity contribution is 0.705. The van der Waals surface area contributed by atoms with Crippen LogP contribution in [0.4, 0.5) is 0 Å². The molecule has 0 bridgehead atoms. The average Bonchev–Trinajstić information content (AvgIpc) is 2.72. The maximum absolute atomic E-state index is 4.55. The van der Waals surface area contributed by atoms with E-state index in [4.69, 9.17) is 0 Å². The van der Waals surface area contributed by atoms with Gasteiger partial charge in [-0.15, -0.1) is 0 Å². The summed E-state index contributed by atoms with van der Waals surface area (Å²) in [5, 5.41) is 10.7. The molecule has 1 aliphatic heterocycles. The van der Waals surface area contributed by atoms with Gasteiger partial charge in [-0.05, 0) is 25.8 Å². The zero-order chi connectivity index (χ0) is 8.67. The molecule has 2 N–H and O–H groups in total. The molecule has 1 saturated carbocycles. The minimum Gasteiger partial charge on any atom is -0.316 e. The van der Waals surface area contributed by atoms with Crippen molar-refractivity contribution in [2.75, 3.05) is 13.1 Å². The first-order chi connectivity index (χ1) is 6.43. The van der Waals surface area contributed by atoms with Gasteiger partial charge in [0.15, 0.2) is 5.82 Å². The Morgan fingerprint density at radius 2 is 2.08 bits per heavy atom. The van der Waals surface area contributed by atoms with Crippen LogP contribution >= 0.6 is 0 Å². The maximum atomic E-state index is 4.55. The molecule has 1 aliphatic carbocycles. The Kier molecular flexibility index (Phi) is 1.62. The van der Waals surface area contributed by atoms with E-state index < -0.39 is 0 Å². The average molecular weight is 178 g/mol. The van der Waals surface area contributed by atoms with Gasteiger partial charge in [-0.1, -0.05) is 0 Å². The van der Waals surface area contributed by atoms with Gasteiger partial charge < -0.3 is 5.32 Å². The second kappa shape index (κ2) is 2.80. The topological polar surface area (TPSA) is 53.6 Å². The van der Waals surface area contributed by atoms with Crippen LogP contribution in [0.25, 0.3) is 0 Å². The van der Waals surface area contributed by atoms with E-state index in [0.29, 0.717) is 11.8 Å². The summed E-state index contributed by atoms with van der Waals surface area (Å²) in [5.41, 5.74) is 0. The van der Waals surface area contributed by atoms with Gasteiger partial charge in [0, 0.05) is 18.4 Å². The summed E-state index contributed by atoms with van der Waals surface area (Å²) in [4.78, 5) is 4.55. The van der Waals surface area contributed by atoms with Crippen LogP contribution in [0.15, 0.2) is 0 Å². The van der Waals surface area contributed by atoms with Crippen LogP contribution in [0.2, 0.25) is 0 Å². The fraction of sp³-hybridized carbons (Fsp3) is 0.778. The van der Waals surface area contributed by atoms with Crippen LogP contribution in [0.1, 0.15) is 42.7 Å². The minimum absolute atomic E-state index is 0.545. The van der Waals surface area contributed by atoms with Gasteiger partial charge in [0.1, 0.15) is 5.82 Å². The summed E-state index contributed by atoms with van der Waals surface area (Å²) in [6, 6.07) is 0. The highest BCUT2D eigenvalue weighted by Crippen LogP contribution is 2.38. The number of nitrogens with one attached hydrogen (secondary N) is 2. The molecule has 2 aliphatic rings. The predicted octanol–water partition coefficient (Wildman–Crippen LogP) is 0.759. The maximum Gasteiger partial charge on any atom is 0.155 e. The highest BCUT2D eigenvalue weighted by molar-refractivity contribution is 5.08. The molecule has 1 aromatic heterocycles. The van der Waals surface area contributed by atoms with Gasteiger partial charge in [0.2, 0.25) is 0 Å². The smallest absolute Gasteiger partial charge is 0.155 e. The monoisotopic (exact) mass is 178 g/mol. The van der Waals surface area contributed by atoms with Crippen LogP contribution < -0.4 is 5.32 Å². The van der Waals surface area contributed by atoms with Gasteiger partial charge in [0.25, 0.3) is 0 Å². The molecule has 0 amide bonds. The van der Waals surface area contributed by atoms with Crippen molar-refractivity contribution in [1.82, 2.24) is 20.5 Å². The number of aromatic amines is 1. The Balaban J connectivity index is 1.79. The summed E-state index contributed by atoms with van der Waals surface area (Å²) in [6.45, 7) is 2.15. The van der Waals surface area contributed by atoms with Crippen molar-refractivity contribution in [3.8, 4) is 0 Å². The van der Waals surface area contributed by atoms with Crippen LogP contribution in [-0.4, -0.2) is 28.3 Å². The van der Waals surface area contributed by atoms with Crippen LogP contribution in [-0.2, 0) is 0 Å². The lowest BCUT2D eigenvalue weighted by Gasteiger charge is -1.99. The predicted molar refractivity (Wildman–Crippen MR) is 48.6 cm³/mol. The number of aromatic nitrogens is 3. The molecule has 1 aromatic rings. The summed E-state index contributed by atoms with van der Waals surface area (Å²) < 4.78 is 0. The standard InChI is InChI=1S/C9H14N4/c1-2-6(1)8-11-9(13-12-8)7-3-4-10-5-7/h6-7,10H,1-5H2,(H,11,12,13). The highest BCUT2D eigenvalue weighted by atomic mass is 15.2. The molecule has 0 aromatic carbocycles.